The van der Waals surface area contributed by atoms with Crippen molar-refractivity contribution < 1.29 is 4.79 Å². The van der Waals surface area contributed by atoms with E-state index in [1.54, 1.807) is 11.8 Å². The summed E-state index contributed by atoms with van der Waals surface area (Å²) < 4.78 is 4.96. The van der Waals surface area contributed by atoms with Crippen LogP contribution in [0.3, 0.4) is 0 Å². The molecule has 1 rings (SSSR count). The van der Waals surface area contributed by atoms with Crippen molar-refractivity contribution in [3.8, 4) is 0 Å². The predicted octanol–water partition coefficient (Wildman–Crippen LogP) is 0.953. The maximum absolute atomic E-state index is 11.3. The van der Waals surface area contributed by atoms with E-state index in [0.29, 0.717) is 0 Å². The molecule has 0 aromatic carbocycles. The highest BCUT2D eigenvalue weighted by Gasteiger charge is 2.21. The van der Waals surface area contributed by atoms with E-state index >= 15 is 0 Å². The maximum atomic E-state index is 11.3. The third-order valence-electron chi connectivity index (χ3n) is 2.06. The fraction of sp³-hybridized carbons (Fsp3) is 0.625. The lowest BCUT2D eigenvalue weighted by Gasteiger charge is -2.15. The van der Waals surface area contributed by atoms with Crippen LogP contribution in [0.1, 0.15) is 19.7 Å². The number of carbonyl (C=O) groups is 1. The van der Waals surface area contributed by atoms with Gasteiger partial charge in [-0.1, -0.05) is 25.6 Å². The largest absolute Gasteiger partial charge is 0.294 e. The SMILES string of the molecule is Cc1nsc(SC(C)C(C)C(=O)NN)n1. The molecule has 0 saturated heterocycles. The molecular weight excluding hydrogens is 232 g/mol. The number of hydrogen-bond acceptors (Lipinski definition) is 6. The van der Waals surface area contributed by atoms with Gasteiger partial charge in [-0.2, -0.15) is 4.37 Å². The van der Waals surface area contributed by atoms with Gasteiger partial charge in [0.25, 0.3) is 0 Å². The Morgan fingerprint density at radius 2 is 2.27 bits per heavy atom. The number of aromatic nitrogens is 2. The molecule has 1 amide bonds. The lowest BCUT2D eigenvalue weighted by molar-refractivity contribution is -0.124. The van der Waals surface area contributed by atoms with Crippen LogP contribution in [0.5, 0.6) is 0 Å². The summed E-state index contributed by atoms with van der Waals surface area (Å²) in [6, 6.07) is 0. The lowest BCUT2D eigenvalue weighted by atomic mass is 10.1. The smallest absolute Gasteiger partial charge is 0.237 e. The number of hydrazine groups is 1. The van der Waals surface area contributed by atoms with Gasteiger partial charge in [0.2, 0.25) is 5.91 Å². The highest BCUT2D eigenvalue weighted by molar-refractivity contribution is 8.01. The van der Waals surface area contributed by atoms with Crippen molar-refractivity contribution in [2.45, 2.75) is 30.4 Å². The molecule has 0 aliphatic carbocycles. The normalized spacial score (nSPS) is 14.7. The van der Waals surface area contributed by atoms with Gasteiger partial charge in [-0.15, -0.1) is 0 Å². The summed E-state index contributed by atoms with van der Waals surface area (Å²) >= 11 is 2.90. The second kappa shape index (κ2) is 5.43. The van der Waals surface area contributed by atoms with E-state index in [0.717, 1.165) is 10.2 Å². The van der Waals surface area contributed by atoms with Crippen LogP contribution < -0.4 is 11.3 Å². The van der Waals surface area contributed by atoms with E-state index in [1.165, 1.54) is 11.5 Å². The Hall–Kier alpha value is -0.660. The lowest BCUT2D eigenvalue weighted by Crippen LogP contribution is -2.38. The van der Waals surface area contributed by atoms with E-state index in [2.05, 4.69) is 14.8 Å². The zero-order chi connectivity index (χ0) is 11.4. The van der Waals surface area contributed by atoms with E-state index < -0.39 is 0 Å². The quantitative estimate of drug-likeness (QED) is 0.358. The van der Waals surface area contributed by atoms with Crippen molar-refractivity contribution in [2.75, 3.05) is 0 Å². The minimum atomic E-state index is -0.156. The molecule has 0 aliphatic heterocycles. The highest BCUT2D eigenvalue weighted by atomic mass is 32.2. The Kier molecular flexibility index (Phi) is 4.49. The van der Waals surface area contributed by atoms with E-state index in [9.17, 15) is 4.79 Å². The number of hydrogen-bond donors (Lipinski definition) is 2. The number of amides is 1. The average molecular weight is 246 g/mol. The molecule has 0 saturated carbocycles. The van der Waals surface area contributed by atoms with Crippen molar-refractivity contribution in [1.29, 1.82) is 0 Å². The minimum Gasteiger partial charge on any atom is -0.294 e. The van der Waals surface area contributed by atoms with Crippen LogP contribution in [-0.4, -0.2) is 20.5 Å². The van der Waals surface area contributed by atoms with Crippen molar-refractivity contribution >= 4 is 29.2 Å². The zero-order valence-corrected chi connectivity index (χ0v) is 10.5. The van der Waals surface area contributed by atoms with Crippen molar-refractivity contribution in [3.63, 3.8) is 0 Å². The Balaban J connectivity index is 2.55. The molecule has 15 heavy (non-hydrogen) atoms. The summed E-state index contributed by atoms with van der Waals surface area (Å²) in [4.78, 5) is 15.5. The second-order valence-electron chi connectivity index (χ2n) is 3.23. The minimum absolute atomic E-state index is 0.126. The summed E-state index contributed by atoms with van der Waals surface area (Å²) in [7, 11) is 0. The number of thioether (sulfide) groups is 1. The molecule has 0 spiro atoms. The van der Waals surface area contributed by atoms with E-state index in [4.69, 9.17) is 5.84 Å². The molecule has 5 nitrogen and oxygen atoms in total. The summed E-state index contributed by atoms with van der Waals surface area (Å²) in [6.07, 6.45) is 0. The third kappa shape index (κ3) is 3.44. The van der Waals surface area contributed by atoms with Crippen molar-refractivity contribution in [1.82, 2.24) is 14.8 Å². The zero-order valence-electron chi connectivity index (χ0n) is 8.85. The van der Waals surface area contributed by atoms with Crippen LogP contribution in [0.4, 0.5) is 0 Å². The molecule has 0 aliphatic rings. The number of nitrogens with two attached hydrogens (primary N) is 1. The third-order valence-corrected chi connectivity index (χ3v) is 4.24. The number of aryl methyl sites for hydroxylation is 1. The molecule has 7 heteroatoms. The monoisotopic (exact) mass is 246 g/mol. The first-order valence-corrected chi connectivity index (χ1v) is 6.17. The first-order valence-electron chi connectivity index (χ1n) is 4.52. The van der Waals surface area contributed by atoms with Gasteiger partial charge >= 0.3 is 0 Å². The Morgan fingerprint density at radius 1 is 1.60 bits per heavy atom. The van der Waals surface area contributed by atoms with Gasteiger partial charge in [-0.3, -0.25) is 10.2 Å². The van der Waals surface area contributed by atoms with E-state index in [-0.39, 0.29) is 17.1 Å². The molecular formula is C8H14N4OS2. The van der Waals surface area contributed by atoms with Gasteiger partial charge in [0.15, 0.2) is 4.34 Å². The van der Waals surface area contributed by atoms with Crippen LogP contribution in [0.2, 0.25) is 0 Å². The molecule has 0 radical (unpaired) electrons. The summed E-state index contributed by atoms with van der Waals surface area (Å²) in [5.74, 6) is 5.54. The molecule has 3 N–H and O–H groups in total. The molecule has 2 unspecified atom stereocenters. The summed E-state index contributed by atoms with van der Waals surface area (Å²) in [6.45, 7) is 5.66. The molecule has 1 aromatic heterocycles. The van der Waals surface area contributed by atoms with Gasteiger partial charge in [0.1, 0.15) is 5.82 Å². The standard InChI is InChI=1S/C8H14N4OS2/c1-4(7(13)11-9)5(2)14-8-10-6(3)12-15-8/h4-5H,9H2,1-3H3,(H,11,13). The van der Waals surface area contributed by atoms with Gasteiger partial charge < -0.3 is 0 Å². The molecule has 1 aromatic rings. The topological polar surface area (TPSA) is 80.9 Å². The number of rotatable bonds is 4. The molecule has 0 bridgehead atoms. The second-order valence-corrected chi connectivity index (χ2v) is 5.60. The molecule has 84 valence electrons. The highest BCUT2D eigenvalue weighted by Crippen LogP contribution is 2.28. The Labute approximate surface area is 97.0 Å². The van der Waals surface area contributed by atoms with Crippen LogP contribution >= 0.6 is 23.3 Å². The number of nitrogens with zero attached hydrogens (tertiary/aromatic N) is 2. The fourth-order valence-electron chi connectivity index (χ4n) is 0.932. The van der Waals surface area contributed by atoms with Crippen LogP contribution in [-0.2, 0) is 4.79 Å². The molecule has 0 fully saturated rings. The van der Waals surface area contributed by atoms with Crippen LogP contribution in [0, 0.1) is 12.8 Å². The van der Waals surface area contributed by atoms with Gasteiger partial charge in [0, 0.05) is 11.2 Å². The van der Waals surface area contributed by atoms with E-state index in [1.807, 2.05) is 20.8 Å². The average Bonchev–Trinajstić information content (AvgIpc) is 2.61. The van der Waals surface area contributed by atoms with Gasteiger partial charge in [-0.25, -0.2) is 10.8 Å². The molecule has 2 atom stereocenters. The summed E-state index contributed by atoms with van der Waals surface area (Å²) in [5, 5.41) is 0.126. The Bertz CT molecular complexity index is 341. The van der Waals surface area contributed by atoms with Crippen molar-refractivity contribution in [3.05, 3.63) is 5.82 Å². The van der Waals surface area contributed by atoms with Crippen molar-refractivity contribution in [2.24, 2.45) is 11.8 Å². The maximum Gasteiger partial charge on any atom is 0.237 e. The number of carbonyl (C=O) groups excluding carboxylic acids is 1. The Morgan fingerprint density at radius 3 is 2.73 bits per heavy atom. The fourth-order valence-corrected chi connectivity index (χ4v) is 2.93. The molecule has 1 heterocycles. The first-order chi connectivity index (χ1) is 7.04. The van der Waals surface area contributed by atoms with Crippen LogP contribution in [0.25, 0.3) is 0 Å². The first kappa shape index (κ1) is 12.4. The number of nitrogens with one attached hydrogen (secondary N) is 1. The van der Waals surface area contributed by atoms with Gasteiger partial charge in [0.05, 0.1) is 0 Å². The van der Waals surface area contributed by atoms with Crippen LogP contribution in [0.15, 0.2) is 4.34 Å². The summed E-state index contributed by atoms with van der Waals surface area (Å²) in [5.41, 5.74) is 2.15. The van der Waals surface area contributed by atoms with Gasteiger partial charge in [-0.05, 0) is 18.5 Å². The predicted molar refractivity (Wildman–Crippen MR) is 61.5 cm³/mol.